The van der Waals surface area contributed by atoms with Gasteiger partial charge in [-0.05, 0) is 42.5 Å². The second-order valence-electron chi connectivity index (χ2n) is 8.92. The minimum Gasteiger partial charge on any atom is -0.467 e. The van der Waals surface area contributed by atoms with Crippen molar-refractivity contribution in [1.82, 2.24) is 5.32 Å². The van der Waals surface area contributed by atoms with Crippen LogP contribution in [-0.2, 0) is 9.53 Å². The van der Waals surface area contributed by atoms with Crippen LogP contribution in [0, 0.1) is 5.92 Å². The molecule has 1 aromatic heterocycles. The molecule has 0 aliphatic heterocycles. The second kappa shape index (κ2) is 12.8. The van der Waals surface area contributed by atoms with E-state index in [9.17, 15) is 14.4 Å². The van der Waals surface area contributed by atoms with Gasteiger partial charge in [-0.2, -0.15) is 0 Å². The van der Waals surface area contributed by atoms with E-state index >= 15 is 0 Å². The van der Waals surface area contributed by atoms with Crippen LogP contribution in [0.1, 0.15) is 42.5 Å². The Morgan fingerprint density at radius 2 is 1.61 bits per heavy atom. The summed E-state index contributed by atoms with van der Waals surface area (Å²) < 4.78 is 5.00. The largest absolute Gasteiger partial charge is 0.467 e. The monoisotopic (exact) mass is 593 g/mol. The molecule has 0 saturated heterocycles. The van der Waals surface area contributed by atoms with Gasteiger partial charge in [0, 0.05) is 9.90 Å². The standard InChI is InChI=1S/C27H26Cl3N3O4S/c1-37-26(35)22(16-10-6-3-7-11-16)31-24(34)18-14-21(15-8-4-2-5-9-15)38-25(18)33-27(36)32-23-19(29)12-17(28)13-20(23)30/h2,4-5,8-9,12-14,16,22H,3,6-7,10-11H2,1H3,(H,31,34)(H2,32,33,36)/t22-/m0/s1. The van der Waals surface area contributed by atoms with E-state index in [1.165, 1.54) is 30.6 Å². The molecule has 0 unspecified atom stereocenters. The molecule has 3 aromatic rings. The van der Waals surface area contributed by atoms with Gasteiger partial charge >= 0.3 is 12.0 Å². The van der Waals surface area contributed by atoms with Crippen molar-refractivity contribution in [1.29, 1.82) is 0 Å². The maximum Gasteiger partial charge on any atom is 0.328 e. The van der Waals surface area contributed by atoms with Gasteiger partial charge < -0.3 is 15.4 Å². The average molecular weight is 595 g/mol. The van der Waals surface area contributed by atoms with Crippen LogP contribution < -0.4 is 16.0 Å². The summed E-state index contributed by atoms with van der Waals surface area (Å²) in [4.78, 5) is 39.8. The highest BCUT2D eigenvalue weighted by molar-refractivity contribution is 7.20. The molecule has 3 amide bonds. The molecule has 4 rings (SSSR count). The molecule has 11 heteroatoms. The van der Waals surface area contributed by atoms with Crippen molar-refractivity contribution < 1.29 is 19.1 Å². The molecule has 2 aromatic carbocycles. The van der Waals surface area contributed by atoms with Crippen molar-refractivity contribution in [3.05, 3.63) is 69.2 Å². The van der Waals surface area contributed by atoms with E-state index in [1.807, 2.05) is 30.3 Å². The van der Waals surface area contributed by atoms with E-state index in [2.05, 4.69) is 16.0 Å². The third-order valence-electron chi connectivity index (χ3n) is 6.37. The van der Waals surface area contributed by atoms with E-state index in [-0.39, 0.29) is 27.2 Å². The fourth-order valence-corrected chi connectivity index (χ4v) is 6.46. The number of amides is 3. The molecule has 1 saturated carbocycles. The fourth-order valence-electron chi connectivity index (χ4n) is 4.49. The topological polar surface area (TPSA) is 96.5 Å². The molecule has 0 bridgehead atoms. The first-order valence-electron chi connectivity index (χ1n) is 12.1. The predicted octanol–water partition coefficient (Wildman–Crippen LogP) is 7.87. The number of hydrogen-bond donors (Lipinski definition) is 3. The van der Waals surface area contributed by atoms with Gasteiger partial charge in [0.25, 0.3) is 5.91 Å². The van der Waals surface area contributed by atoms with Crippen LogP contribution in [-0.4, -0.2) is 31.1 Å². The van der Waals surface area contributed by atoms with E-state index in [0.717, 1.165) is 42.5 Å². The number of thiophene rings is 1. The molecule has 1 atom stereocenters. The van der Waals surface area contributed by atoms with Crippen LogP contribution in [0.5, 0.6) is 0 Å². The van der Waals surface area contributed by atoms with Crippen LogP contribution in [0.4, 0.5) is 15.5 Å². The van der Waals surface area contributed by atoms with Gasteiger partial charge in [0.2, 0.25) is 0 Å². The molecular formula is C27H26Cl3N3O4S. The summed E-state index contributed by atoms with van der Waals surface area (Å²) in [6.07, 6.45) is 4.75. The Bertz CT molecular complexity index is 1300. The highest BCUT2D eigenvalue weighted by Gasteiger charge is 2.33. The maximum absolute atomic E-state index is 13.5. The molecule has 1 aliphatic rings. The van der Waals surface area contributed by atoms with E-state index in [0.29, 0.717) is 10.0 Å². The summed E-state index contributed by atoms with van der Waals surface area (Å²) in [7, 11) is 1.31. The maximum atomic E-state index is 13.5. The zero-order chi connectivity index (χ0) is 27.2. The third-order valence-corrected chi connectivity index (χ3v) is 8.28. The molecular weight excluding hydrogens is 569 g/mol. The first kappa shape index (κ1) is 28.2. The summed E-state index contributed by atoms with van der Waals surface area (Å²) in [5.74, 6) is -0.980. The normalized spacial score (nSPS) is 14.4. The number of halogens is 3. The van der Waals surface area contributed by atoms with Crippen molar-refractivity contribution >= 4 is 74.7 Å². The van der Waals surface area contributed by atoms with Crippen molar-refractivity contribution in [2.75, 3.05) is 17.7 Å². The average Bonchev–Trinajstić information content (AvgIpc) is 3.33. The van der Waals surface area contributed by atoms with Gasteiger partial charge in [0.05, 0.1) is 28.4 Å². The lowest BCUT2D eigenvalue weighted by Gasteiger charge is -2.29. The number of benzene rings is 2. The molecule has 7 nitrogen and oxygen atoms in total. The summed E-state index contributed by atoms with van der Waals surface area (Å²) >= 11 is 19.6. The number of esters is 1. The summed E-state index contributed by atoms with van der Waals surface area (Å²) in [5, 5.41) is 9.18. The van der Waals surface area contributed by atoms with E-state index < -0.39 is 23.9 Å². The lowest BCUT2D eigenvalue weighted by Crippen LogP contribution is -2.47. The van der Waals surface area contributed by atoms with Gasteiger partial charge in [-0.3, -0.25) is 10.1 Å². The zero-order valence-electron chi connectivity index (χ0n) is 20.5. The quantitative estimate of drug-likeness (QED) is 0.243. The lowest BCUT2D eigenvalue weighted by molar-refractivity contribution is -0.144. The van der Waals surface area contributed by atoms with Crippen LogP contribution in [0.25, 0.3) is 10.4 Å². The Labute approximate surface area is 239 Å². The van der Waals surface area contributed by atoms with Gasteiger partial charge in [-0.1, -0.05) is 84.4 Å². The SMILES string of the molecule is COC(=O)[C@@H](NC(=O)c1cc(-c2ccccc2)sc1NC(=O)Nc1c(Cl)cc(Cl)cc1Cl)C1CCCCC1. The summed E-state index contributed by atoms with van der Waals surface area (Å²) in [6, 6.07) is 12.7. The first-order chi connectivity index (χ1) is 18.3. The fraction of sp³-hybridized carbons (Fsp3) is 0.296. The molecule has 38 heavy (non-hydrogen) atoms. The van der Waals surface area contributed by atoms with Crippen LogP contribution in [0.3, 0.4) is 0 Å². The first-order valence-corrected chi connectivity index (χ1v) is 14.0. The highest BCUT2D eigenvalue weighted by atomic mass is 35.5. The number of anilines is 2. The molecule has 0 radical (unpaired) electrons. The van der Waals surface area contributed by atoms with Gasteiger partial charge in [-0.15, -0.1) is 11.3 Å². The van der Waals surface area contributed by atoms with E-state index in [4.69, 9.17) is 39.5 Å². The summed E-state index contributed by atoms with van der Waals surface area (Å²) in [5.41, 5.74) is 1.28. The van der Waals surface area contributed by atoms with Gasteiger partial charge in [0.15, 0.2) is 0 Å². The Balaban J connectivity index is 1.62. The van der Waals surface area contributed by atoms with E-state index in [1.54, 1.807) is 6.07 Å². The molecule has 1 heterocycles. The highest BCUT2D eigenvalue weighted by Crippen LogP contribution is 2.37. The number of urea groups is 1. The third kappa shape index (κ3) is 6.80. The van der Waals surface area contributed by atoms with Crippen LogP contribution in [0.15, 0.2) is 48.5 Å². The number of hydrogen-bond acceptors (Lipinski definition) is 5. The molecule has 1 fully saturated rings. The van der Waals surface area contributed by atoms with Crippen molar-refractivity contribution in [2.45, 2.75) is 38.1 Å². The number of methoxy groups -OCH3 is 1. The predicted molar refractivity (Wildman–Crippen MR) is 154 cm³/mol. The van der Waals surface area contributed by atoms with Gasteiger partial charge in [-0.25, -0.2) is 9.59 Å². The number of rotatable bonds is 7. The number of carbonyl (C=O) groups is 3. The van der Waals surface area contributed by atoms with Crippen molar-refractivity contribution in [2.24, 2.45) is 5.92 Å². The molecule has 0 spiro atoms. The minimum absolute atomic E-state index is 0.0127. The number of ether oxygens (including phenoxy) is 1. The van der Waals surface area contributed by atoms with Gasteiger partial charge in [0.1, 0.15) is 11.0 Å². The zero-order valence-corrected chi connectivity index (χ0v) is 23.6. The number of nitrogens with one attached hydrogen (secondary N) is 3. The Kier molecular flexibility index (Phi) is 9.54. The van der Waals surface area contributed by atoms with Crippen molar-refractivity contribution in [3.63, 3.8) is 0 Å². The number of carbonyl (C=O) groups excluding carboxylic acids is 3. The van der Waals surface area contributed by atoms with Crippen LogP contribution in [0.2, 0.25) is 15.1 Å². The smallest absolute Gasteiger partial charge is 0.328 e. The lowest BCUT2D eigenvalue weighted by atomic mass is 9.83. The minimum atomic E-state index is -0.777. The Hall–Kier alpha value is -2.78. The summed E-state index contributed by atoms with van der Waals surface area (Å²) in [6.45, 7) is 0. The Morgan fingerprint density at radius 3 is 2.24 bits per heavy atom. The van der Waals surface area contributed by atoms with Crippen molar-refractivity contribution in [3.8, 4) is 10.4 Å². The molecule has 1 aliphatic carbocycles. The van der Waals surface area contributed by atoms with Crippen LogP contribution >= 0.6 is 46.1 Å². The molecule has 200 valence electrons. The second-order valence-corrected chi connectivity index (χ2v) is 11.2. The molecule has 3 N–H and O–H groups in total. The Morgan fingerprint density at radius 1 is 0.947 bits per heavy atom.